The van der Waals surface area contributed by atoms with Gasteiger partial charge >= 0.3 is 0 Å². The summed E-state index contributed by atoms with van der Waals surface area (Å²) in [5.41, 5.74) is 3.58. The number of thiazole rings is 1. The number of anilines is 1. The summed E-state index contributed by atoms with van der Waals surface area (Å²) in [7, 11) is 0. The van der Waals surface area contributed by atoms with Crippen molar-refractivity contribution in [3.8, 4) is 0 Å². The maximum Gasteiger partial charge on any atom is 0.264 e. The van der Waals surface area contributed by atoms with Crippen LogP contribution in [-0.2, 0) is 22.4 Å². The third kappa shape index (κ3) is 3.56. The normalized spacial score (nSPS) is 19.0. The first kappa shape index (κ1) is 17.0. The second-order valence-corrected chi connectivity index (χ2v) is 8.09. The number of nitrogens with zero attached hydrogens (tertiary/aromatic N) is 2. The average Bonchev–Trinajstić information content (AvgIpc) is 3.29. The Labute approximate surface area is 158 Å². The standard InChI is InChI=1S/C18H16N4O2S2/c1-10(23)20-17-19-9-12(25-17)8-15-16(24)22-18(26-15)21-14-7-3-5-11-4-2-6-13(11)14/h3,5,7-9H,2,4,6H2,1H3,(H,19,20,23)(H,21,22,24). The van der Waals surface area contributed by atoms with Gasteiger partial charge in [0.2, 0.25) is 5.91 Å². The number of thioether (sulfide) groups is 1. The summed E-state index contributed by atoms with van der Waals surface area (Å²) in [6, 6.07) is 6.16. The molecule has 2 N–H and O–H groups in total. The van der Waals surface area contributed by atoms with Crippen molar-refractivity contribution >= 4 is 57.0 Å². The fourth-order valence-electron chi connectivity index (χ4n) is 2.99. The zero-order chi connectivity index (χ0) is 18.1. The Morgan fingerprint density at radius 1 is 1.38 bits per heavy atom. The van der Waals surface area contributed by atoms with E-state index < -0.39 is 0 Å². The van der Waals surface area contributed by atoms with Crippen LogP contribution in [0.3, 0.4) is 0 Å². The zero-order valence-corrected chi connectivity index (χ0v) is 15.7. The third-order valence-electron chi connectivity index (χ3n) is 4.07. The van der Waals surface area contributed by atoms with Crippen molar-refractivity contribution < 1.29 is 9.59 Å². The molecule has 1 aromatic carbocycles. The van der Waals surface area contributed by atoms with Crippen LogP contribution in [0.4, 0.5) is 10.8 Å². The summed E-state index contributed by atoms with van der Waals surface area (Å²) < 4.78 is 0. The van der Waals surface area contributed by atoms with Crippen LogP contribution in [-0.4, -0.2) is 22.0 Å². The predicted octanol–water partition coefficient (Wildman–Crippen LogP) is 3.48. The van der Waals surface area contributed by atoms with Gasteiger partial charge in [-0.15, -0.1) is 0 Å². The number of benzene rings is 1. The molecule has 0 radical (unpaired) electrons. The van der Waals surface area contributed by atoms with Gasteiger partial charge in [0, 0.05) is 13.1 Å². The molecule has 2 aliphatic rings. The minimum atomic E-state index is -0.171. The molecule has 4 rings (SSSR count). The first-order valence-corrected chi connectivity index (χ1v) is 9.85. The van der Waals surface area contributed by atoms with Crippen LogP contribution in [0.2, 0.25) is 0 Å². The van der Waals surface area contributed by atoms with Crippen LogP contribution in [0.15, 0.2) is 34.3 Å². The van der Waals surface area contributed by atoms with Gasteiger partial charge in [0.1, 0.15) is 0 Å². The summed E-state index contributed by atoms with van der Waals surface area (Å²) in [5.74, 6) is -0.341. The molecule has 0 bridgehead atoms. The van der Waals surface area contributed by atoms with Crippen molar-refractivity contribution in [1.82, 2.24) is 10.3 Å². The number of hydrogen-bond acceptors (Lipinski definition) is 6. The fourth-order valence-corrected chi connectivity index (χ4v) is 4.69. The molecule has 1 saturated heterocycles. The number of nitrogens with one attached hydrogen (secondary N) is 2. The number of rotatable bonds is 3. The number of fused-ring (bicyclic) bond motifs is 1. The maximum atomic E-state index is 12.2. The highest BCUT2D eigenvalue weighted by Crippen LogP contribution is 2.34. The molecule has 1 aliphatic carbocycles. The Hall–Kier alpha value is -2.45. The number of carbonyl (C=O) groups is 2. The van der Waals surface area contributed by atoms with Crippen LogP contribution in [0.5, 0.6) is 0 Å². The van der Waals surface area contributed by atoms with E-state index in [4.69, 9.17) is 0 Å². The number of amidine groups is 1. The molecule has 1 aromatic heterocycles. The molecule has 2 heterocycles. The monoisotopic (exact) mass is 384 g/mol. The highest BCUT2D eigenvalue weighted by atomic mass is 32.2. The van der Waals surface area contributed by atoms with Gasteiger partial charge in [0.05, 0.1) is 15.5 Å². The van der Waals surface area contributed by atoms with Gasteiger partial charge in [-0.1, -0.05) is 23.5 Å². The Bertz CT molecular complexity index is 962. The van der Waals surface area contributed by atoms with Gasteiger partial charge < -0.3 is 10.6 Å². The minimum absolute atomic E-state index is 0.170. The highest BCUT2D eigenvalue weighted by molar-refractivity contribution is 8.18. The molecule has 0 atom stereocenters. The van der Waals surface area contributed by atoms with E-state index >= 15 is 0 Å². The largest absolute Gasteiger partial charge is 0.302 e. The van der Waals surface area contributed by atoms with Crippen molar-refractivity contribution in [1.29, 1.82) is 0 Å². The van der Waals surface area contributed by atoms with Crippen LogP contribution in [0.25, 0.3) is 6.08 Å². The molecular weight excluding hydrogens is 368 g/mol. The molecule has 0 unspecified atom stereocenters. The first-order valence-electron chi connectivity index (χ1n) is 8.22. The Balaban J connectivity index is 1.55. The second kappa shape index (κ2) is 7.05. The SMILES string of the molecule is CC(=O)Nc1ncc(C=C2SC(=Nc3cccc4c3CCC4)NC2=O)s1. The van der Waals surface area contributed by atoms with E-state index in [1.54, 1.807) is 12.3 Å². The van der Waals surface area contributed by atoms with E-state index in [1.807, 2.05) is 12.1 Å². The van der Waals surface area contributed by atoms with Crippen molar-refractivity contribution in [2.24, 2.45) is 4.99 Å². The second-order valence-electron chi connectivity index (χ2n) is 6.00. The topological polar surface area (TPSA) is 83.4 Å². The number of hydrogen-bond donors (Lipinski definition) is 2. The lowest BCUT2D eigenvalue weighted by molar-refractivity contribution is -0.115. The Morgan fingerprint density at radius 2 is 2.27 bits per heavy atom. The number of amides is 2. The van der Waals surface area contributed by atoms with Crippen LogP contribution in [0, 0.1) is 0 Å². The van der Waals surface area contributed by atoms with E-state index in [1.165, 1.54) is 41.1 Å². The lowest BCUT2D eigenvalue weighted by atomic mass is 10.1. The lowest BCUT2D eigenvalue weighted by Crippen LogP contribution is -2.19. The van der Waals surface area contributed by atoms with Gasteiger partial charge in [0.25, 0.3) is 5.91 Å². The van der Waals surface area contributed by atoms with Gasteiger partial charge in [-0.25, -0.2) is 9.98 Å². The van der Waals surface area contributed by atoms with Crippen molar-refractivity contribution in [2.45, 2.75) is 26.2 Å². The maximum absolute atomic E-state index is 12.2. The first-order chi connectivity index (χ1) is 12.6. The number of aryl methyl sites for hydroxylation is 1. The van der Waals surface area contributed by atoms with Crippen LogP contribution >= 0.6 is 23.1 Å². The summed E-state index contributed by atoms with van der Waals surface area (Å²) in [6.07, 6.45) is 6.69. The zero-order valence-electron chi connectivity index (χ0n) is 14.0. The molecule has 2 aromatic rings. The van der Waals surface area contributed by atoms with Gasteiger partial charge in [-0.2, -0.15) is 0 Å². The van der Waals surface area contributed by atoms with Crippen LogP contribution in [0.1, 0.15) is 29.3 Å². The summed E-state index contributed by atoms with van der Waals surface area (Å²) in [4.78, 5) is 33.4. The van der Waals surface area contributed by atoms with Crippen molar-refractivity contribution in [3.05, 3.63) is 45.3 Å². The quantitative estimate of drug-likeness (QED) is 0.794. The van der Waals surface area contributed by atoms with Crippen molar-refractivity contribution in [3.63, 3.8) is 0 Å². The number of carbonyl (C=O) groups excluding carboxylic acids is 2. The van der Waals surface area contributed by atoms with Crippen LogP contribution < -0.4 is 10.6 Å². The number of aliphatic imine (C=N–C) groups is 1. The van der Waals surface area contributed by atoms with Gasteiger partial charge in [0.15, 0.2) is 10.3 Å². The molecule has 1 fully saturated rings. The van der Waals surface area contributed by atoms with E-state index in [-0.39, 0.29) is 11.8 Å². The van der Waals surface area contributed by atoms with Gasteiger partial charge in [-0.3, -0.25) is 9.59 Å². The van der Waals surface area contributed by atoms with E-state index in [0.29, 0.717) is 15.2 Å². The average molecular weight is 384 g/mol. The third-order valence-corrected chi connectivity index (χ3v) is 5.84. The summed E-state index contributed by atoms with van der Waals surface area (Å²) in [5, 5.41) is 6.56. The van der Waals surface area contributed by atoms with Crippen molar-refractivity contribution in [2.75, 3.05) is 5.32 Å². The van der Waals surface area contributed by atoms with E-state index in [2.05, 4.69) is 26.7 Å². The summed E-state index contributed by atoms with van der Waals surface area (Å²) in [6.45, 7) is 1.43. The molecule has 26 heavy (non-hydrogen) atoms. The molecular formula is C18H16N4O2S2. The number of aromatic nitrogens is 1. The summed E-state index contributed by atoms with van der Waals surface area (Å²) >= 11 is 2.64. The highest BCUT2D eigenvalue weighted by Gasteiger charge is 2.25. The molecule has 2 amide bonds. The molecule has 132 valence electrons. The molecule has 6 nitrogen and oxygen atoms in total. The van der Waals surface area contributed by atoms with Gasteiger partial charge in [-0.05, 0) is 54.3 Å². The fraction of sp³-hybridized carbons (Fsp3) is 0.222. The smallest absolute Gasteiger partial charge is 0.264 e. The molecule has 8 heteroatoms. The lowest BCUT2D eigenvalue weighted by Gasteiger charge is -2.03. The van der Waals surface area contributed by atoms with E-state index in [9.17, 15) is 9.59 Å². The minimum Gasteiger partial charge on any atom is -0.302 e. The Kier molecular flexibility index (Phi) is 4.60. The molecule has 0 spiro atoms. The van der Waals surface area contributed by atoms with E-state index in [0.717, 1.165) is 29.8 Å². The molecule has 1 aliphatic heterocycles. The Morgan fingerprint density at radius 3 is 3.12 bits per heavy atom. The molecule has 0 saturated carbocycles. The predicted molar refractivity (Wildman–Crippen MR) is 106 cm³/mol.